The number of hydrogen-bond acceptors (Lipinski definition) is 2. The molecule has 0 spiro atoms. The average Bonchev–Trinajstić information content (AvgIpc) is 3.09. The zero-order valence-electron chi connectivity index (χ0n) is 18.3. The van der Waals surface area contributed by atoms with Crippen LogP contribution in [-0.4, -0.2) is 26.5 Å². The molecule has 4 rings (SSSR count). The molecule has 0 bridgehead atoms. The molecule has 2 aromatic carbocycles. The van der Waals surface area contributed by atoms with Crippen LogP contribution in [0.15, 0.2) is 67.0 Å². The van der Waals surface area contributed by atoms with Crippen LogP contribution in [-0.2, 0) is 13.0 Å². The number of para-hydroxylation sites is 1. The maximum atomic E-state index is 5.87. The molecule has 4 aromatic rings. The largest absolute Gasteiger partial charge is 0.358 e. The second-order valence-electron chi connectivity index (χ2n) is 8.05. The number of H-pyrrole nitrogens is 1. The van der Waals surface area contributed by atoms with E-state index in [0.29, 0.717) is 0 Å². The van der Waals surface area contributed by atoms with Crippen molar-refractivity contribution in [3.8, 4) is 0 Å². The summed E-state index contributed by atoms with van der Waals surface area (Å²) in [5.74, 6) is 0. The van der Waals surface area contributed by atoms with Gasteiger partial charge in [0.15, 0.2) is 5.11 Å². The monoisotopic (exact) mass is 428 g/mol. The number of benzene rings is 2. The van der Waals surface area contributed by atoms with Crippen LogP contribution >= 0.6 is 12.2 Å². The third-order valence-electron chi connectivity index (χ3n) is 5.70. The Morgan fingerprint density at radius 1 is 1.03 bits per heavy atom. The van der Waals surface area contributed by atoms with E-state index in [-0.39, 0.29) is 0 Å². The molecule has 0 unspecified atom stereocenters. The first kappa shape index (κ1) is 21.1. The van der Waals surface area contributed by atoms with E-state index in [0.717, 1.165) is 30.3 Å². The van der Waals surface area contributed by atoms with Gasteiger partial charge in [-0.15, -0.1) is 0 Å². The molecule has 4 nitrogen and oxygen atoms in total. The molecule has 0 saturated carbocycles. The van der Waals surface area contributed by atoms with Gasteiger partial charge >= 0.3 is 0 Å². The fourth-order valence-corrected chi connectivity index (χ4v) is 4.20. The molecule has 0 amide bonds. The number of pyridine rings is 1. The van der Waals surface area contributed by atoms with Gasteiger partial charge in [0, 0.05) is 47.8 Å². The maximum Gasteiger partial charge on any atom is 0.173 e. The molecule has 5 heteroatoms. The van der Waals surface area contributed by atoms with Crippen LogP contribution in [0.5, 0.6) is 0 Å². The number of nitrogens with zero attached hydrogens (tertiary/aromatic N) is 2. The molecule has 2 aromatic heterocycles. The van der Waals surface area contributed by atoms with E-state index < -0.39 is 0 Å². The number of rotatable bonds is 6. The average molecular weight is 429 g/mol. The third kappa shape index (κ3) is 4.94. The molecule has 158 valence electrons. The van der Waals surface area contributed by atoms with Gasteiger partial charge in [-0.25, -0.2) is 0 Å². The van der Waals surface area contributed by atoms with Gasteiger partial charge in [0.2, 0.25) is 0 Å². The topological polar surface area (TPSA) is 44.0 Å². The van der Waals surface area contributed by atoms with Crippen molar-refractivity contribution in [3.05, 3.63) is 94.9 Å². The first-order valence-corrected chi connectivity index (χ1v) is 11.0. The second-order valence-corrected chi connectivity index (χ2v) is 8.44. The van der Waals surface area contributed by atoms with Crippen LogP contribution in [0.1, 0.15) is 27.9 Å². The van der Waals surface area contributed by atoms with E-state index in [4.69, 9.17) is 12.2 Å². The Labute approximate surface area is 189 Å². The summed E-state index contributed by atoms with van der Waals surface area (Å²) >= 11 is 5.87. The number of fused-ring (bicyclic) bond motifs is 1. The highest BCUT2D eigenvalue weighted by Crippen LogP contribution is 2.23. The first-order chi connectivity index (χ1) is 15.0. The fourth-order valence-electron chi connectivity index (χ4n) is 3.93. The fraction of sp³-hybridized carbons (Fsp3) is 0.231. The summed E-state index contributed by atoms with van der Waals surface area (Å²) in [7, 11) is 0. The van der Waals surface area contributed by atoms with Crippen molar-refractivity contribution in [1.82, 2.24) is 14.9 Å². The Balaban J connectivity index is 1.57. The van der Waals surface area contributed by atoms with E-state index in [1.54, 1.807) is 0 Å². The summed E-state index contributed by atoms with van der Waals surface area (Å²) in [5, 5.41) is 5.52. The molecular formula is C26H28N4S. The molecule has 0 aliphatic rings. The molecule has 0 atom stereocenters. The highest BCUT2D eigenvalue weighted by molar-refractivity contribution is 7.80. The standard InChI is InChI=1S/C26H28N4S/c1-18-8-9-19(2)25(16-18)29-26(31)30(17-21-10-13-27-14-11-21)15-12-22-20(3)28-24-7-5-4-6-23(22)24/h4-11,13-14,16,28H,12,15,17H2,1-3H3,(H,29,31). The zero-order valence-corrected chi connectivity index (χ0v) is 19.1. The predicted octanol–water partition coefficient (Wildman–Crippen LogP) is 5.93. The number of thiocarbonyl (C=S) groups is 1. The van der Waals surface area contributed by atoms with Crippen LogP contribution in [0.2, 0.25) is 0 Å². The number of aromatic amines is 1. The lowest BCUT2D eigenvalue weighted by Crippen LogP contribution is -2.36. The summed E-state index contributed by atoms with van der Waals surface area (Å²) in [6.07, 6.45) is 4.58. The van der Waals surface area contributed by atoms with Crippen molar-refractivity contribution in [1.29, 1.82) is 0 Å². The summed E-state index contributed by atoms with van der Waals surface area (Å²) in [4.78, 5) is 9.90. The third-order valence-corrected chi connectivity index (χ3v) is 6.06. The van der Waals surface area contributed by atoms with Crippen LogP contribution in [0, 0.1) is 20.8 Å². The van der Waals surface area contributed by atoms with Gasteiger partial charge in [-0.1, -0.05) is 30.3 Å². The number of aromatic nitrogens is 2. The molecule has 2 heterocycles. The van der Waals surface area contributed by atoms with Gasteiger partial charge in [0.1, 0.15) is 0 Å². The van der Waals surface area contributed by atoms with Crippen molar-refractivity contribution >= 4 is 33.9 Å². The summed E-state index contributed by atoms with van der Waals surface area (Å²) < 4.78 is 0. The SMILES string of the molecule is Cc1ccc(C)c(NC(=S)N(CCc2c(C)[nH]c3ccccc23)Cc2ccncc2)c1. The first-order valence-electron chi connectivity index (χ1n) is 10.6. The second kappa shape index (κ2) is 9.31. The lowest BCUT2D eigenvalue weighted by Gasteiger charge is -2.27. The minimum Gasteiger partial charge on any atom is -0.358 e. The molecule has 0 fully saturated rings. The maximum absolute atomic E-state index is 5.87. The van der Waals surface area contributed by atoms with Crippen LogP contribution in [0.3, 0.4) is 0 Å². The van der Waals surface area contributed by atoms with Crippen LogP contribution < -0.4 is 5.32 Å². The quantitative estimate of drug-likeness (QED) is 0.374. The van der Waals surface area contributed by atoms with Gasteiger partial charge in [0.05, 0.1) is 0 Å². The number of nitrogens with one attached hydrogen (secondary N) is 2. The van der Waals surface area contributed by atoms with Crippen molar-refractivity contribution in [3.63, 3.8) is 0 Å². The van der Waals surface area contributed by atoms with Gasteiger partial charge in [-0.05, 0) is 85.9 Å². The number of aryl methyl sites for hydroxylation is 3. The molecular weight excluding hydrogens is 400 g/mol. The van der Waals surface area contributed by atoms with Gasteiger partial charge < -0.3 is 15.2 Å². The number of anilines is 1. The predicted molar refractivity (Wildman–Crippen MR) is 134 cm³/mol. The minimum atomic E-state index is 0.737. The highest BCUT2D eigenvalue weighted by atomic mass is 32.1. The zero-order chi connectivity index (χ0) is 21.8. The normalized spacial score (nSPS) is 10.9. The van der Waals surface area contributed by atoms with E-state index in [1.165, 1.54) is 38.9 Å². The van der Waals surface area contributed by atoms with Gasteiger partial charge in [0.25, 0.3) is 0 Å². The van der Waals surface area contributed by atoms with Crippen molar-refractivity contribution < 1.29 is 0 Å². The smallest absolute Gasteiger partial charge is 0.173 e. The Bertz CT molecular complexity index is 1200. The minimum absolute atomic E-state index is 0.737. The Hall–Kier alpha value is -3.18. The molecule has 31 heavy (non-hydrogen) atoms. The Morgan fingerprint density at radius 3 is 2.61 bits per heavy atom. The van der Waals surface area contributed by atoms with E-state index in [1.807, 2.05) is 24.5 Å². The van der Waals surface area contributed by atoms with Crippen molar-refractivity contribution in [2.24, 2.45) is 0 Å². The summed E-state index contributed by atoms with van der Waals surface area (Å²) in [6.45, 7) is 7.91. The Kier molecular flexibility index (Phi) is 6.33. The molecule has 0 aliphatic carbocycles. The van der Waals surface area contributed by atoms with E-state index in [9.17, 15) is 0 Å². The summed E-state index contributed by atoms with van der Waals surface area (Å²) in [6, 6.07) is 19.0. The van der Waals surface area contributed by atoms with Gasteiger partial charge in [-0.3, -0.25) is 4.98 Å². The molecule has 0 saturated heterocycles. The van der Waals surface area contributed by atoms with E-state index in [2.05, 4.69) is 83.4 Å². The molecule has 2 N–H and O–H groups in total. The van der Waals surface area contributed by atoms with Crippen LogP contribution in [0.4, 0.5) is 5.69 Å². The molecule has 0 radical (unpaired) electrons. The lowest BCUT2D eigenvalue weighted by molar-refractivity contribution is 0.423. The van der Waals surface area contributed by atoms with Crippen molar-refractivity contribution in [2.75, 3.05) is 11.9 Å². The van der Waals surface area contributed by atoms with E-state index >= 15 is 0 Å². The van der Waals surface area contributed by atoms with Crippen LogP contribution in [0.25, 0.3) is 10.9 Å². The van der Waals surface area contributed by atoms with Crippen molar-refractivity contribution in [2.45, 2.75) is 33.7 Å². The number of hydrogen-bond donors (Lipinski definition) is 2. The highest BCUT2D eigenvalue weighted by Gasteiger charge is 2.15. The lowest BCUT2D eigenvalue weighted by atomic mass is 10.1. The Morgan fingerprint density at radius 2 is 1.81 bits per heavy atom. The summed E-state index contributed by atoms with van der Waals surface area (Å²) in [5.41, 5.74) is 8.41. The molecule has 0 aliphatic heterocycles. The van der Waals surface area contributed by atoms with Gasteiger partial charge in [-0.2, -0.15) is 0 Å².